The number of nitrogens with one attached hydrogen (secondary N) is 1. The predicted octanol–water partition coefficient (Wildman–Crippen LogP) is 2.74. The molecule has 0 aromatic heterocycles. The lowest BCUT2D eigenvalue weighted by atomic mass is 10.2. The lowest BCUT2D eigenvalue weighted by Gasteiger charge is -2.24. The van der Waals surface area contributed by atoms with E-state index in [1.54, 1.807) is 29.2 Å². The van der Waals surface area contributed by atoms with Gasteiger partial charge in [-0.1, -0.05) is 29.3 Å². The van der Waals surface area contributed by atoms with Crippen molar-refractivity contribution in [1.29, 1.82) is 0 Å². The monoisotopic (exact) mass is 326 g/mol. The van der Waals surface area contributed by atoms with Crippen LogP contribution in [0.15, 0.2) is 24.3 Å². The van der Waals surface area contributed by atoms with E-state index in [1.165, 1.54) is 6.08 Å². The van der Waals surface area contributed by atoms with Crippen LogP contribution in [-0.4, -0.2) is 35.8 Å². The molecule has 6 heteroatoms. The van der Waals surface area contributed by atoms with E-state index in [4.69, 9.17) is 23.2 Å². The van der Waals surface area contributed by atoms with Crippen LogP contribution >= 0.6 is 23.2 Å². The second-order valence-electron chi connectivity index (χ2n) is 4.94. The summed E-state index contributed by atoms with van der Waals surface area (Å²) in [5.74, 6) is -0.142. The maximum absolute atomic E-state index is 12.2. The molecule has 1 aliphatic heterocycles. The van der Waals surface area contributed by atoms with Crippen LogP contribution in [0.1, 0.15) is 18.9 Å². The fraction of sp³-hybridized carbons (Fsp3) is 0.333. The normalized spacial score (nSPS) is 19.5. The van der Waals surface area contributed by atoms with E-state index >= 15 is 0 Å². The molecule has 1 atom stereocenters. The molecule has 1 fully saturated rings. The van der Waals surface area contributed by atoms with Gasteiger partial charge >= 0.3 is 0 Å². The molecule has 1 heterocycles. The van der Waals surface area contributed by atoms with Gasteiger partial charge in [0.2, 0.25) is 11.8 Å². The highest BCUT2D eigenvalue weighted by Gasteiger charge is 2.23. The minimum Gasteiger partial charge on any atom is -0.354 e. The van der Waals surface area contributed by atoms with Gasteiger partial charge < -0.3 is 10.2 Å². The highest BCUT2D eigenvalue weighted by Crippen LogP contribution is 2.23. The number of amides is 2. The third-order valence-corrected chi connectivity index (χ3v) is 4.07. The van der Waals surface area contributed by atoms with Crippen LogP contribution < -0.4 is 5.32 Å². The van der Waals surface area contributed by atoms with E-state index in [2.05, 4.69) is 5.32 Å². The summed E-state index contributed by atoms with van der Waals surface area (Å²) < 4.78 is 0. The molecule has 4 nitrogen and oxygen atoms in total. The Bertz CT molecular complexity index is 587. The average Bonchev–Trinajstić information content (AvgIpc) is 2.60. The maximum atomic E-state index is 12.2. The minimum atomic E-state index is -0.120. The molecule has 0 aliphatic carbocycles. The van der Waals surface area contributed by atoms with E-state index in [0.717, 1.165) is 5.56 Å². The number of carbonyl (C=O) groups excluding carboxylic acids is 2. The Balaban J connectivity index is 2.07. The van der Waals surface area contributed by atoms with Crippen LogP contribution in [-0.2, 0) is 9.59 Å². The summed E-state index contributed by atoms with van der Waals surface area (Å²) in [7, 11) is 0. The van der Waals surface area contributed by atoms with Gasteiger partial charge in [0.15, 0.2) is 0 Å². The van der Waals surface area contributed by atoms with Gasteiger partial charge in [0.05, 0.1) is 10.0 Å². The Kier molecular flexibility index (Phi) is 5.26. The van der Waals surface area contributed by atoms with Crippen molar-refractivity contribution in [3.8, 4) is 0 Å². The van der Waals surface area contributed by atoms with E-state index in [-0.39, 0.29) is 17.9 Å². The molecule has 1 saturated heterocycles. The van der Waals surface area contributed by atoms with Crippen LogP contribution in [0.5, 0.6) is 0 Å². The van der Waals surface area contributed by atoms with E-state index in [0.29, 0.717) is 29.6 Å². The van der Waals surface area contributed by atoms with Gasteiger partial charge in [-0.2, -0.15) is 0 Å². The second kappa shape index (κ2) is 6.96. The summed E-state index contributed by atoms with van der Waals surface area (Å²) in [5.41, 5.74) is 0.800. The zero-order valence-electron chi connectivity index (χ0n) is 11.6. The largest absolute Gasteiger partial charge is 0.354 e. The van der Waals surface area contributed by atoms with Crippen molar-refractivity contribution < 1.29 is 9.59 Å². The summed E-state index contributed by atoms with van der Waals surface area (Å²) in [6.07, 6.45) is 3.51. The van der Waals surface area contributed by atoms with Gasteiger partial charge in [-0.25, -0.2) is 0 Å². The molecule has 21 heavy (non-hydrogen) atoms. The summed E-state index contributed by atoms with van der Waals surface area (Å²) in [4.78, 5) is 25.3. The van der Waals surface area contributed by atoms with E-state index in [9.17, 15) is 9.59 Å². The zero-order chi connectivity index (χ0) is 15.4. The number of hydrogen-bond donors (Lipinski definition) is 1. The zero-order valence-corrected chi connectivity index (χ0v) is 13.1. The summed E-state index contributed by atoms with van der Waals surface area (Å²) in [6.45, 7) is 2.86. The number of carbonyl (C=O) groups is 2. The van der Waals surface area contributed by atoms with Crippen molar-refractivity contribution in [2.75, 3.05) is 13.1 Å². The SMILES string of the molecule is CC1CC(=O)NCCN1C(=O)C=Cc1ccc(Cl)c(Cl)c1. The third-order valence-electron chi connectivity index (χ3n) is 3.33. The molecule has 112 valence electrons. The van der Waals surface area contributed by atoms with Crippen LogP contribution in [0.4, 0.5) is 0 Å². The molecular formula is C15H16Cl2N2O2. The van der Waals surface area contributed by atoms with Crippen molar-refractivity contribution in [1.82, 2.24) is 10.2 Å². The number of benzene rings is 1. The van der Waals surface area contributed by atoms with E-state index < -0.39 is 0 Å². The summed E-state index contributed by atoms with van der Waals surface area (Å²) in [5, 5.41) is 3.68. The van der Waals surface area contributed by atoms with Crippen molar-refractivity contribution in [3.05, 3.63) is 39.9 Å². The number of halogens is 2. The molecule has 2 rings (SSSR count). The van der Waals surface area contributed by atoms with Crippen LogP contribution in [0.3, 0.4) is 0 Å². The lowest BCUT2D eigenvalue weighted by molar-refractivity contribution is -0.128. The Morgan fingerprint density at radius 2 is 2.14 bits per heavy atom. The number of nitrogens with zero attached hydrogens (tertiary/aromatic N) is 1. The molecule has 0 radical (unpaired) electrons. The fourth-order valence-electron chi connectivity index (χ4n) is 2.19. The number of rotatable bonds is 2. The van der Waals surface area contributed by atoms with Crippen molar-refractivity contribution in [3.63, 3.8) is 0 Å². The van der Waals surface area contributed by atoms with Crippen molar-refractivity contribution in [2.45, 2.75) is 19.4 Å². The van der Waals surface area contributed by atoms with Crippen molar-refractivity contribution in [2.24, 2.45) is 0 Å². The molecule has 0 spiro atoms. The smallest absolute Gasteiger partial charge is 0.246 e. The summed E-state index contributed by atoms with van der Waals surface area (Å²) in [6, 6.07) is 5.06. The standard InChI is InChI=1S/C15H16Cl2N2O2/c1-10-8-14(20)18-6-7-19(10)15(21)5-3-11-2-4-12(16)13(17)9-11/h2-5,9-10H,6-8H2,1H3,(H,18,20). The molecule has 1 N–H and O–H groups in total. The Morgan fingerprint density at radius 1 is 1.38 bits per heavy atom. The molecule has 1 unspecified atom stereocenters. The molecule has 0 saturated carbocycles. The summed E-state index contributed by atoms with van der Waals surface area (Å²) >= 11 is 11.8. The maximum Gasteiger partial charge on any atom is 0.246 e. The van der Waals surface area contributed by atoms with E-state index in [1.807, 2.05) is 6.92 Å². The molecular weight excluding hydrogens is 311 g/mol. The highest BCUT2D eigenvalue weighted by molar-refractivity contribution is 6.42. The Labute approximate surface area is 133 Å². The van der Waals surface area contributed by atoms with Crippen LogP contribution in [0, 0.1) is 0 Å². The second-order valence-corrected chi connectivity index (χ2v) is 5.76. The number of hydrogen-bond acceptors (Lipinski definition) is 2. The average molecular weight is 327 g/mol. The molecule has 1 aromatic carbocycles. The van der Waals surface area contributed by atoms with Gasteiger partial charge in [-0.05, 0) is 30.7 Å². The quantitative estimate of drug-likeness (QED) is 0.849. The van der Waals surface area contributed by atoms with Gasteiger partial charge in [0.1, 0.15) is 0 Å². The lowest BCUT2D eigenvalue weighted by Crippen LogP contribution is -2.38. The van der Waals surface area contributed by atoms with Gasteiger partial charge in [-0.15, -0.1) is 0 Å². The van der Waals surface area contributed by atoms with Gasteiger partial charge in [-0.3, -0.25) is 9.59 Å². The third kappa shape index (κ3) is 4.22. The first-order valence-electron chi connectivity index (χ1n) is 6.68. The predicted molar refractivity (Wildman–Crippen MR) is 84.3 cm³/mol. The molecule has 1 aliphatic rings. The van der Waals surface area contributed by atoms with Gasteiger partial charge in [0, 0.05) is 31.6 Å². The Morgan fingerprint density at radius 3 is 2.86 bits per heavy atom. The first-order valence-corrected chi connectivity index (χ1v) is 7.43. The van der Waals surface area contributed by atoms with Gasteiger partial charge in [0.25, 0.3) is 0 Å². The molecule has 0 bridgehead atoms. The molecule has 1 aromatic rings. The minimum absolute atomic E-state index is 0.0220. The fourth-order valence-corrected chi connectivity index (χ4v) is 2.50. The van der Waals surface area contributed by atoms with Crippen LogP contribution in [0.25, 0.3) is 6.08 Å². The first-order chi connectivity index (χ1) is 9.97. The Hall–Kier alpha value is -1.52. The topological polar surface area (TPSA) is 49.4 Å². The molecule has 2 amide bonds. The highest BCUT2D eigenvalue weighted by atomic mass is 35.5. The van der Waals surface area contributed by atoms with Crippen molar-refractivity contribution >= 4 is 41.1 Å². The van der Waals surface area contributed by atoms with Crippen LogP contribution in [0.2, 0.25) is 10.0 Å². The first kappa shape index (κ1) is 15.9.